The Kier molecular flexibility index (Phi) is 4.74. The van der Waals surface area contributed by atoms with Crippen LogP contribution in [0, 0.1) is 19.8 Å². The molecule has 3 aromatic heterocycles. The number of hydrogen-bond donors (Lipinski definition) is 0. The molecule has 0 saturated heterocycles. The van der Waals surface area contributed by atoms with Gasteiger partial charge in [0, 0.05) is 22.6 Å². The van der Waals surface area contributed by atoms with Gasteiger partial charge in [-0.3, -0.25) is 4.98 Å². The molecule has 0 saturated carbocycles. The summed E-state index contributed by atoms with van der Waals surface area (Å²) in [5.74, 6) is 1.37. The van der Waals surface area contributed by atoms with E-state index < -0.39 is 0 Å². The number of aromatic nitrogens is 5. The number of rotatable bonds is 5. The standard InChI is InChI=1S/C18H21N5O2/c1-10(2)6-14-9-13(7-11(3)19-14)17-22-16(23-25-17)15-8-12(4)20-18(21-15)24-5/h7-10H,6H2,1-5H3. The van der Waals surface area contributed by atoms with Crippen molar-refractivity contribution in [3.05, 3.63) is 35.3 Å². The molecule has 0 aromatic carbocycles. The lowest BCUT2D eigenvalue weighted by Gasteiger charge is -2.06. The van der Waals surface area contributed by atoms with Gasteiger partial charge in [0.1, 0.15) is 5.69 Å². The van der Waals surface area contributed by atoms with Gasteiger partial charge in [0.15, 0.2) is 0 Å². The average molecular weight is 339 g/mol. The first kappa shape index (κ1) is 17.0. The maximum absolute atomic E-state index is 5.44. The molecule has 3 rings (SSSR count). The maximum Gasteiger partial charge on any atom is 0.316 e. The van der Waals surface area contributed by atoms with Crippen LogP contribution in [0.25, 0.3) is 23.0 Å². The van der Waals surface area contributed by atoms with Crippen LogP contribution in [0.15, 0.2) is 22.7 Å². The first-order valence-electron chi connectivity index (χ1n) is 8.16. The number of aryl methyl sites for hydroxylation is 2. The van der Waals surface area contributed by atoms with E-state index in [-0.39, 0.29) is 6.01 Å². The van der Waals surface area contributed by atoms with Crippen LogP contribution >= 0.6 is 0 Å². The minimum Gasteiger partial charge on any atom is -0.467 e. The minimum absolute atomic E-state index is 0.278. The normalized spacial score (nSPS) is 11.1. The highest BCUT2D eigenvalue weighted by Gasteiger charge is 2.15. The number of ether oxygens (including phenoxy) is 1. The van der Waals surface area contributed by atoms with Crippen molar-refractivity contribution in [2.24, 2.45) is 5.92 Å². The molecule has 0 unspecified atom stereocenters. The van der Waals surface area contributed by atoms with Crippen molar-refractivity contribution >= 4 is 0 Å². The molecule has 0 aliphatic rings. The zero-order chi connectivity index (χ0) is 18.0. The maximum atomic E-state index is 5.44. The van der Waals surface area contributed by atoms with Crippen LogP contribution in [0.4, 0.5) is 0 Å². The van der Waals surface area contributed by atoms with Gasteiger partial charge in [0.2, 0.25) is 5.82 Å². The van der Waals surface area contributed by atoms with Crippen LogP contribution in [-0.4, -0.2) is 32.2 Å². The highest BCUT2D eigenvalue weighted by molar-refractivity contribution is 5.58. The van der Waals surface area contributed by atoms with E-state index >= 15 is 0 Å². The van der Waals surface area contributed by atoms with Gasteiger partial charge in [0.25, 0.3) is 5.89 Å². The molecule has 0 atom stereocenters. The lowest BCUT2D eigenvalue weighted by Crippen LogP contribution is -1.99. The number of nitrogens with zero attached hydrogens (tertiary/aromatic N) is 5. The van der Waals surface area contributed by atoms with Crippen molar-refractivity contribution in [3.63, 3.8) is 0 Å². The largest absolute Gasteiger partial charge is 0.467 e. The Morgan fingerprint density at radius 3 is 2.48 bits per heavy atom. The highest BCUT2D eigenvalue weighted by Crippen LogP contribution is 2.24. The Bertz CT molecular complexity index is 889. The molecule has 0 spiro atoms. The van der Waals surface area contributed by atoms with E-state index in [0.717, 1.165) is 29.1 Å². The van der Waals surface area contributed by atoms with Crippen molar-refractivity contribution in [1.82, 2.24) is 25.1 Å². The monoisotopic (exact) mass is 339 g/mol. The van der Waals surface area contributed by atoms with Gasteiger partial charge >= 0.3 is 6.01 Å². The second-order valence-electron chi connectivity index (χ2n) is 6.39. The van der Waals surface area contributed by atoms with Crippen LogP contribution in [0.2, 0.25) is 0 Å². The zero-order valence-electron chi connectivity index (χ0n) is 15.1. The van der Waals surface area contributed by atoms with E-state index in [0.29, 0.717) is 23.3 Å². The van der Waals surface area contributed by atoms with Gasteiger partial charge in [-0.15, -0.1) is 0 Å². The molecule has 7 heteroatoms. The quantitative estimate of drug-likeness (QED) is 0.704. The Morgan fingerprint density at radius 1 is 1.00 bits per heavy atom. The topological polar surface area (TPSA) is 86.8 Å². The third-order valence-electron chi connectivity index (χ3n) is 3.54. The smallest absolute Gasteiger partial charge is 0.316 e. The van der Waals surface area contributed by atoms with Gasteiger partial charge < -0.3 is 9.26 Å². The minimum atomic E-state index is 0.278. The molecule has 0 N–H and O–H groups in total. The molecule has 25 heavy (non-hydrogen) atoms. The summed E-state index contributed by atoms with van der Waals surface area (Å²) in [7, 11) is 1.52. The molecular weight excluding hydrogens is 318 g/mol. The third-order valence-corrected chi connectivity index (χ3v) is 3.54. The Morgan fingerprint density at radius 2 is 1.76 bits per heavy atom. The van der Waals surface area contributed by atoms with E-state index in [1.807, 2.05) is 26.0 Å². The van der Waals surface area contributed by atoms with Crippen LogP contribution in [0.5, 0.6) is 6.01 Å². The van der Waals surface area contributed by atoms with E-state index in [1.54, 1.807) is 6.07 Å². The summed E-state index contributed by atoms with van der Waals surface area (Å²) in [4.78, 5) is 17.5. The second-order valence-corrected chi connectivity index (χ2v) is 6.39. The molecular formula is C18H21N5O2. The van der Waals surface area contributed by atoms with Crippen molar-refractivity contribution in [1.29, 1.82) is 0 Å². The SMILES string of the molecule is COc1nc(C)cc(-c2noc(-c3cc(C)nc(CC(C)C)c3)n2)n1. The van der Waals surface area contributed by atoms with Crippen molar-refractivity contribution in [2.75, 3.05) is 7.11 Å². The van der Waals surface area contributed by atoms with Gasteiger partial charge in [-0.2, -0.15) is 9.97 Å². The Hall–Kier alpha value is -2.83. The molecule has 0 aliphatic carbocycles. The lowest BCUT2D eigenvalue weighted by molar-refractivity contribution is 0.379. The molecule has 0 bridgehead atoms. The molecule has 3 heterocycles. The third kappa shape index (κ3) is 3.99. The summed E-state index contributed by atoms with van der Waals surface area (Å²) in [6.45, 7) is 8.15. The number of pyridine rings is 1. The molecule has 130 valence electrons. The van der Waals surface area contributed by atoms with Gasteiger partial charge in [0.05, 0.1) is 7.11 Å². The summed E-state index contributed by atoms with van der Waals surface area (Å²) in [6, 6.07) is 6.00. The number of hydrogen-bond acceptors (Lipinski definition) is 7. The molecule has 7 nitrogen and oxygen atoms in total. The second kappa shape index (κ2) is 6.96. The van der Waals surface area contributed by atoms with Gasteiger partial charge in [-0.05, 0) is 44.4 Å². The van der Waals surface area contributed by atoms with Crippen molar-refractivity contribution < 1.29 is 9.26 Å². The predicted octanol–water partition coefficient (Wildman–Crippen LogP) is 3.41. The van der Waals surface area contributed by atoms with Crippen molar-refractivity contribution in [3.8, 4) is 29.0 Å². The Balaban J connectivity index is 1.96. The van der Waals surface area contributed by atoms with E-state index in [9.17, 15) is 0 Å². The van der Waals surface area contributed by atoms with E-state index in [2.05, 4.69) is 38.9 Å². The highest BCUT2D eigenvalue weighted by atomic mass is 16.5. The summed E-state index contributed by atoms with van der Waals surface area (Å²) in [6.07, 6.45) is 0.901. The molecule has 0 amide bonds. The van der Waals surface area contributed by atoms with Crippen LogP contribution in [-0.2, 0) is 6.42 Å². The number of methoxy groups -OCH3 is 1. The fourth-order valence-electron chi connectivity index (χ4n) is 2.58. The molecule has 0 radical (unpaired) electrons. The van der Waals surface area contributed by atoms with E-state index in [1.165, 1.54) is 7.11 Å². The average Bonchev–Trinajstić information content (AvgIpc) is 3.03. The lowest BCUT2D eigenvalue weighted by atomic mass is 10.1. The summed E-state index contributed by atoms with van der Waals surface area (Å²) in [5, 5.41) is 4.05. The summed E-state index contributed by atoms with van der Waals surface area (Å²) in [5.41, 5.74) is 4.14. The first-order valence-corrected chi connectivity index (χ1v) is 8.16. The Labute approximate surface area is 146 Å². The summed E-state index contributed by atoms with van der Waals surface area (Å²) >= 11 is 0. The van der Waals surface area contributed by atoms with E-state index in [4.69, 9.17) is 9.26 Å². The van der Waals surface area contributed by atoms with Crippen LogP contribution < -0.4 is 4.74 Å². The molecule has 0 fully saturated rings. The van der Waals surface area contributed by atoms with Gasteiger partial charge in [-0.1, -0.05) is 19.0 Å². The first-order chi connectivity index (χ1) is 11.9. The van der Waals surface area contributed by atoms with Crippen LogP contribution in [0.3, 0.4) is 0 Å². The molecule has 3 aromatic rings. The summed E-state index contributed by atoms with van der Waals surface area (Å²) < 4.78 is 10.5. The van der Waals surface area contributed by atoms with Crippen LogP contribution in [0.1, 0.15) is 30.9 Å². The predicted molar refractivity (Wildman–Crippen MR) is 93.1 cm³/mol. The fraction of sp³-hybridized carbons (Fsp3) is 0.389. The van der Waals surface area contributed by atoms with Crippen molar-refractivity contribution in [2.45, 2.75) is 34.1 Å². The van der Waals surface area contributed by atoms with Gasteiger partial charge in [-0.25, -0.2) is 4.98 Å². The zero-order valence-corrected chi connectivity index (χ0v) is 15.1. The molecule has 0 aliphatic heterocycles. The fourth-order valence-corrected chi connectivity index (χ4v) is 2.58.